The molecule has 0 spiro atoms. The molecular formula is C12H15N. The summed E-state index contributed by atoms with van der Waals surface area (Å²) in [5.74, 6) is 0. The fourth-order valence-electron chi connectivity index (χ4n) is 1.43. The number of hydrogen-bond acceptors (Lipinski definition) is 1. The quantitative estimate of drug-likeness (QED) is 0.663. The maximum Gasteiger partial charge on any atom is 0.0259 e. The van der Waals surface area contributed by atoms with Crippen LogP contribution in [0.2, 0.25) is 0 Å². The number of aryl methyl sites for hydroxylation is 2. The minimum Gasteiger partial charge on any atom is -0.308 e. The molecule has 1 aromatic rings. The molecule has 0 aliphatic rings. The second-order valence-electron chi connectivity index (χ2n) is 3.17. The van der Waals surface area contributed by atoms with Crippen LogP contribution in [0.1, 0.15) is 29.2 Å². The molecule has 0 heterocycles. The van der Waals surface area contributed by atoms with Crippen molar-refractivity contribution >= 4 is 12.3 Å². The van der Waals surface area contributed by atoms with Gasteiger partial charge in [0.05, 0.1) is 0 Å². The standard InChI is InChI=1S/C12H15N/c1-4-5-11-9(2)6-7-10(3)12(11)8-13/h4-8,13H,1-3H3/b5-4-,13-8?. The third-order valence-electron chi connectivity index (χ3n) is 2.20. The van der Waals surface area contributed by atoms with Gasteiger partial charge in [-0.1, -0.05) is 24.3 Å². The van der Waals surface area contributed by atoms with E-state index in [-0.39, 0.29) is 0 Å². The van der Waals surface area contributed by atoms with Gasteiger partial charge in [-0.15, -0.1) is 0 Å². The molecule has 0 aliphatic carbocycles. The Morgan fingerprint density at radius 1 is 1.08 bits per heavy atom. The first-order valence-electron chi connectivity index (χ1n) is 4.44. The highest BCUT2D eigenvalue weighted by Gasteiger charge is 2.02. The second kappa shape index (κ2) is 4.04. The topological polar surface area (TPSA) is 23.9 Å². The largest absolute Gasteiger partial charge is 0.308 e. The van der Waals surface area contributed by atoms with Crippen LogP contribution in [0.25, 0.3) is 6.08 Å². The van der Waals surface area contributed by atoms with Gasteiger partial charge in [0.15, 0.2) is 0 Å². The van der Waals surface area contributed by atoms with Crippen LogP contribution in [0, 0.1) is 19.3 Å². The molecule has 1 nitrogen and oxygen atoms in total. The molecule has 1 rings (SSSR count). The molecule has 1 N–H and O–H groups in total. The van der Waals surface area contributed by atoms with E-state index in [2.05, 4.69) is 25.1 Å². The van der Waals surface area contributed by atoms with Crippen LogP contribution in [0.15, 0.2) is 18.2 Å². The fourth-order valence-corrected chi connectivity index (χ4v) is 1.43. The normalized spacial score (nSPS) is 10.7. The molecule has 1 aromatic carbocycles. The Balaban J connectivity index is 3.42. The van der Waals surface area contributed by atoms with Crippen molar-refractivity contribution in [1.82, 2.24) is 0 Å². The Hall–Kier alpha value is -1.37. The average Bonchev–Trinajstić information content (AvgIpc) is 2.12. The predicted octanol–water partition coefficient (Wildman–Crippen LogP) is 3.33. The van der Waals surface area contributed by atoms with Gasteiger partial charge in [0.25, 0.3) is 0 Å². The molecule has 68 valence electrons. The summed E-state index contributed by atoms with van der Waals surface area (Å²) in [4.78, 5) is 0. The van der Waals surface area contributed by atoms with E-state index in [9.17, 15) is 0 Å². The highest BCUT2D eigenvalue weighted by atomic mass is 14.3. The van der Waals surface area contributed by atoms with E-state index < -0.39 is 0 Å². The van der Waals surface area contributed by atoms with Gasteiger partial charge < -0.3 is 5.41 Å². The van der Waals surface area contributed by atoms with Gasteiger partial charge in [-0.2, -0.15) is 0 Å². The molecule has 0 saturated heterocycles. The smallest absolute Gasteiger partial charge is 0.0259 e. The zero-order chi connectivity index (χ0) is 9.84. The molecule has 0 aromatic heterocycles. The van der Waals surface area contributed by atoms with Crippen molar-refractivity contribution in [2.75, 3.05) is 0 Å². The van der Waals surface area contributed by atoms with Gasteiger partial charge >= 0.3 is 0 Å². The first kappa shape index (κ1) is 9.72. The fraction of sp³-hybridized carbons (Fsp3) is 0.250. The molecular weight excluding hydrogens is 158 g/mol. The summed E-state index contributed by atoms with van der Waals surface area (Å²) in [7, 11) is 0. The van der Waals surface area contributed by atoms with E-state index in [1.165, 1.54) is 11.8 Å². The molecule has 0 unspecified atom stereocenters. The van der Waals surface area contributed by atoms with Crippen LogP contribution in [0.3, 0.4) is 0 Å². The molecule has 0 amide bonds. The van der Waals surface area contributed by atoms with Gasteiger partial charge in [0, 0.05) is 11.8 Å². The number of nitrogens with one attached hydrogen (secondary N) is 1. The predicted molar refractivity (Wildman–Crippen MR) is 58.5 cm³/mol. The van der Waals surface area contributed by atoms with Gasteiger partial charge in [0.1, 0.15) is 0 Å². The highest BCUT2D eigenvalue weighted by molar-refractivity contribution is 5.86. The summed E-state index contributed by atoms with van der Waals surface area (Å²) in [6.45, 7) is 6.10. The SMILES string of the molecule is C/C=C\c1c(C)ccc(C)c1C=N. The zero-order valence-electron chi connectivity index (χ0n) is 8.39. The van der Waals surface area contributed by atoms with Crippen LogP contribution < -0.4 is 0 Å². The van der Waals surface area contributed by atoms with Gasteiger partial charge in [0.2, 0.25) is 0 Å². The van der Waals surface area contributed by atoms with E-state index in [0.717, 1.165) is 16.7 Å². The van der Waals surface area contributed by atoms with Crippen molar-refractivity contribution in [3.05, 3.63) is 40.5 Å². The van der Waals surface area contributed by atoms with Gasteiger partial charge in [-0.25, -0.2) is 0 Å². The molecule has 0 atom stereocenters. The number of hydrogen-bond donors (Lipinski definition) is 1. The van der Waals surface area contributed by atoms with Crippen LogP contribution in [-0.2, 0) is 0 Å². The number of allylic oxidation sites excluding steroid dienone is 1. The molecule has 0 radical (unpaired) electrons. The lowest BCUT2D eigenvalue weighted by atomic mass is 9.98. The van der Waals surface area contributed by atoms with Crippen LogP contribution in [0.5, 0.6) is 0 Å². The summed E-state index contributed by atoms with van der Waals surface area (Å²) in [6.07, 6.45) is 5.50. The van der Waals surface area contributed by atoms with Gasteiger partial charge in [-0.05, 0) is 37.5 Å². The molecule has 13 heavy (non-hydrogen) atoms. The van der Waals surface area contributed by atoms with E-state index >= 15 is 0 Å². The van der Waals surface area contributed by atoms with Crippen LogP contribution in [-0.4, -0.2) is 6.21 Å². The minimum atomic E-state index is 1.03. The van der Waals surface area contributed by atoms with Crippen LogP contribution in [0.4, 0.5) is 0 Å². The third kappa shape index (κ3) is 1.86. The first-order valence-corrected chi connectivity index (χ1v) is 4.44. The van der Waals surface area contributed by atoms with E-state index in [0.29, 0.717) is 0 Å². The first-order chi connectivity index (χ1) is 6.20. The molecule has 0 bridgehead atoms. The second-order valence-corrected chi connectivity index (χ2v) is 3.17. The molecule has 0 aliphatic heterocycles. The maximum absolute atomic E-state index is 7.34. The van der Waals surface area contributed by atoms with Crippen molar-refractivity contribution in [3.63, 3.8) is 0 Å². The van der Waals surface area contributed by atoms with E-state index in [4.69, 9.17) is 5.41 Å². The summed E-state index contributed by atoms with van der Waals surface area (Å²) in [6, 6.07) is 4.15. The lowest BCUT2D eigenvalue weighted by molar-refractivity contribution is 1.35. The Morgan fingerprint density at radius 3 is 2.08 bits per heavy atom. The lowest BCUT2D eigenvalue weighted by Gasteiger charge is -2.07. The maximum atomic E-state index is 7.34. The van der Waals surface area contributed by atoms with E-state index in [1.807, 2.05) is 19.9 Å². The Kier molecular flexibility index (Phi) is 3.02. The third-order valence-corrected chi connectivity index (χ3v) is 2.20. The molecule has 0 fully saturated rings. The van der Waals surface area contributed by atoms with Crippen molar-refractivity contribution < 1.29 is 0 Å². The highest BCUT2D eigenvalue weighted by Crippen LogP contribution is 2.18. The molecule has 1 heteroatoms. The van der Waals surface area contributed by atoms with Gasteiger partial charge in [-0.3, -0.25) is 0 Å². The monoisotopic (exact) mass is 173 g/mol. The zero-order valence-corrected chi connectivity index (χ0v) is 8.39. The summed E-state index contributed by atoms with van der Waals surface area (Å²) in [5.41, 5.74) is 4.58. The van der Waals surface area contributed by atoms with Crippen LogP contribution >= 0.6 is 0 Å². The Bertz CT molecular complexity index is 348. The average molecular weight is 173 g/mol. The molecule has 0 saturated carbocycles. The summed E-state index contributed by atoms with van der Waals surface area (Å²) in [5, 5.41) is 7.34. The minimum absolute atomic E-state index is 1.03. The summed E-state index contributed by atoms with van der Waals surface area (Å²) >= 11 is 0. The Morgan fingerprint density at radius 2 is 1.62 bits per heavy atom. The lowest BCUT2D eigenvalue weighted by Crippen LogP contribution is -1.93. The number of benzene rings is 1. The summed E-state index contributed by atoms with van der Waals surface area (Å²) < 4.78 is 0. The van der Waals surface area contributed by atoms with Crippen molar-refractivity contribution in [1.29, 1.82) is 5.41 Å². The Labute approximate surface area is 79.6 Å². The van der Waals surface area contributed by atoms with Crippen molar-refractivity contribution in [3.8, 4) is 0 Å². The number of rotatable bonds is 2. The van der Waals surface area contributed by atoms with Crippen molar-refractivity contribution in [2.24, 2.45) is 0 Å². The van der Waals surface area contributed by atoms with Crippen molar-refractivity contribution in [2.45, 2.75) is 20.8 Å². The van der Waals surface area contributed by atoms with E-state index in [1.54, 1.807) is 0 Å².